The predicted molar refractivity (Wildman–Crippen MR) is 535 cm³/mol. The normalized spacial score (nSPS) is 14.6. The van der Waals surface area contributed by atoms with E-state index in [4.69, 9.17) is 8.83 Å². The first kappa shape index (κ1) is 90.2. The zero-order valence-corrected chi connectivity index (χ0v) is 79.0. The molecule has 3 heteroatoms. The molecule has 123 heavy (non-hydrogen) atoms. The number of fused-ring (bicyclic) bond motifs is 22. The number of anilines is 3. The zero-order valence-electron chi connectivity index (χ0n) is 79.0. The largest absolute Gasteiger partial charge is 0.456 e. The molecule has 4 aliphatic carbocycles. The Labute approximate surface area is 746 Å². The van der Waals surface area contributed by atoms with Gasteiger partial charge in [0.2, 0.25) is 0 Å². The highest BCUT2D eigenvalue weighted by Crippen LogP contribution is 2.69. The summed E-state index contributed by atoms with van der Waals surface area (Å²) < 4.78 is 14.8. The minimum Gasteiger partial charge on any atom is -0.456 e. The van der Waals surface area contributed by atoms with Crippen LogP contribution in [0.1, 0.15) is 445 Å². The van der Waals surface area contributed by atoms with Gasteiger partial charge < -0.3 is 13.7 Å². The highest BCUT2D eigenvalue weighted by molar-refractivity contribution is 6.21. The number of hydrogen-bond donors (Lipinski definition) is 0. The van der Waals surface area contributed by atoms with Crippen molar-refractivity contribution >= 4 is 60.9 Å². The summed E-state index contributed by atoms with van der Waals surface area (Å²) in [5, 5.41) is 5.26. The third kappa shape index (κ3) is 18.1. The summed E-state index contributed by atoms with van der Waals surface area (Å²) in [6, 6.07) is 62.6. The van der Waals surface area contributed by atoms with E-state index in [0.29, 0.717) is 0 Å². The maximum atomic E-state index is 7.80. The van der Waals surface area contributed by atoms with Crippen LogP contribution in [0.25, 0.3) is 88.4 Å². The highest BCUT2D eigenvalue weighted by atomic mass is 16.3. The number of hydrogen-bond acceptors (Lipinski definition) is 3. The van der Waals surface area contributed by atoms with Gasteiger partial charge in [0.05, 0.1) is 5.69 Å². The Kier molecular flexibility index (Phi) is 31.4. The third-order valence-corrected chi connectivity index (χ3v) is 31.4. The van der Waals surface area contributed by atoms with E-state index in [0.717, 1.165) is 48.0 Å². The lowest BCUT2D eigenvalue weighted by Gasteiger charge is -2.40. The number of aryl methyl sites for hydroxylation is 2. The molecule has 0 saturated heterocycles. The molecule has 2 heterocycles. The molecule has 0 spiro atoms. The Balaban J connectivity index is 0.986. The molecule has 0 amide bonds. The van der Waals surface area contributed by atoms with Gasteiger partial charge in [0.1, 0.15) is 22.3 Å². The van der Waals surface area contributed by atoms with Gasteiger partial charge >= 0.3 is 0 Å². The Morgan fingerprint density at radius 3 is 1.07 bits per heavy atom. The Bertz CT molecular complexity index is 5190. The first-order valence-corrected chi connectivity index (χ1v) is 52.0. The number of rotatable bonds is 55. The van der Waals surface area contributed by atoms with Crippen molar-refractivity contribution in [1.29, 1.82) is 0 Å². The number of benzene rings is 9. The van der Waals surface area contributed by atoms with Crippen LogP contribution < -0.4 is 4.90 Å². The molecule has 0 bridgehead atoms. The average molecular weight is 1650 g/mol. The van der Waals surface area contributed by atoms with Crippen LogP contribution in [0.3, 0.4) is 0 Å². The molecule has 0 radical (unpaired) electrons. The summed E-state index contributed by atoms with van der Waals surface area (Å²) in [5.74, 6) is 0. The van der Waals surface area contributed by atoms with E-state index in [-0.39, 0.29) is 21.7 Å². The van der Waals surface area contributed by atoms with Crippen LogP contribution in [0.4, 0.5) is 17.1 Å². The Morgan fingerprint density at radius 2 is 0.585 bits per heavy atom. The number of para-hydroxylation sites is 3. The molecular formula is C120H159NO2. The van der Waals surface area contributed by atoms with Crippen molar-refractivity contribution in [3.8, 4) is 44.5 Å². The molecule has 0 saturated carbocycles. The SMILES string of the molecule is CCCCCCCCC1(CCCCCCCC)c2cc(N(c3ccc4c(c3)C(CCCCCCC)(CCCCCCC)c3c5c(c6c(oc7ccccc76)c3-4)-c3ccccc3C5(CCCCCCC)CCCCCCC)c3c(C)cccc3C)ccc2-c2cc3c(cc21)-c1c(ccc2oc4ccccc4c12)C3(CCCCCCCC)CCCCCCCC. The topological polar surface area (TPSA) is 29.5 Å². The van der Waals surface area contributed by atoms with Gasteiger partial charge in [-0.15, -0.1) is 0 Å². The van der Waals surface area contributed by atoms with E-state index < -0.39 is 0 Å². The van der Waals surface area contributed by atoms with Gasteiger partial charge in [-0.1, -0.05) is 435 Å². The van der Waals surface area contributed by atoms with Crippen molar-refractivity contribution in [2.75, 3.05) is 4.90 Å². The fourth-order valence-electron chi connectivity index (χ4n) is 25.2. The van der Waals surface area contributed by atoms with Crippen molar-refractivity contribution in [3.63, 3.8) is 0 Å². The summed E-state index contributed by atoms with van der Waals surface area (Å²) >= 11 is 0. The lowest BCUT2D eigenvalue weighted by molar-refractivity contribution is 0.369. The quantitative estimate of drug-likeness (QED) is 0.0356. The molecule has 2 aromatic heterocycles. The standard InChI is InChI=1S/C120H159NO2/c1-11-19-27-35-43-53-76-117(77-54-44-36-28-20-12-2)100-74-75-107-109(95-65-48-51-68-105(95)122-107)108(100)98-87-103-97(86-104(98)117)92-72-70-90(84-101(92)118(103,78-55-45-37-29-21-13-3)79-56-46-38-30-22-14-4)121(115-88(9)62-61-63-89(115)10)91-71-73-94-102(85-91)120(82-59-41-33-25-17-7,83-60-42-34-26-18-8)114-112(94)116-111(96-66-49-52-69-106(96)123-116)110-93-64-47-50-67-99(93)119(113(110)114,80-57-39-31-23-15-5)81-58-40-32-24-16-6/h47-52,61-75,84-87H,11-46,53-60,76-83H2,1-10H3. The summed E-state index contributed by atoms with van der Waals surface area (Å²) in [7, 11) is 0. The molecule has 4 aliphatic rings. The average Bonchev–Trinajstić information content (AvgIpc) is 1.50. The lowest BCUT2D eigenvalue weighted by Crippen LogP contribution is -2.33. The lowest BCUT2D eigenvalue weighted by atomic mass is 9.62. The maximum Gasteiger partial charge on any atom is 0.144 e. The van der Waals surface area contributed by atoms with Crippen molar-refractivity contribution < 1.29 is 8.83 Å². The predicted octanol–water partition coefficient (Wildman–Crippen LogP) is 39.1. The van der Waals surface area contributed by atoms with Crippen LogP contribution in [-0.4, -0.2) is 0 Å². The number of nitrogens with zero attached hydrogens (tertiary/aromatic N) is 1. The van der Waals surface area contributed by atoms with Crippen molar-refractivity contribution in [3.05, 3.63) is 207 Å². The van der Waals surface area contributed by atoms with Crippen LogP contribution in [0.2, 0.25) is 0 Å². The molecule has 0 unspecified atom stereocenters. The molecule has 0 fully saturated rings. The number of unbranched alkanes of at least 4 members (excludes halogenated alkanes) is 36. The summed E-state index contributed by atoms with van der Waals surface area (Å²) in [6.45, 7) is 24.0. The maximum absolute atomic E-state index is 7.80. The van der Waals surface area contributed by atoms with E-state index >= 15 is 0 Å². The van der Waals surface area contributed by atoms with Gasteiger partial charge in [0, 0.05) is 60.1 Å². The third-order valence-electron chi connectivity index (χ3n) is 31.4. The van der Waals surface area contributed by atoms with Crippen LogP contribution in [0, 0.1) is 13.8 Å². The molecule has 0 atom stereocenters. The molecule has 11 aromatic rings. The second-order valence-electron chi connectivity index (χ2n) is 39.8. The zero-order chi connectivity index (χ0) is 85.2. The van der Waals surface area contributed by atoms with Gasteiger partial charge in [-0.05, 0) is 214 Å². The van der Waals surface area contributed by atoms with Crippen LogP contribution in [-0.2, 0) is 21.7 Å². The fourth-order valence-corrected chi connectivity index (χ4v) is 25.2. The van der Waals surface area contributed by atoms with Crippen LogP contribution >= 0.6 is 0 Å². The van der Waals surface area contributed by atoms with Gasteiger partial charge in [-0.3, -0.25) is 0 Å². The molecule has 0 aliphatic heterocycles. The molecule has 0 N–H and O–H groups in total. The molecule has 9 aromatic carbocycles. The van der Waals surface area contributed by atoms with E-state index in [1.807, 2.05) is 0 Å². The second-order valence-corrected chi connectivity index (χ2v) is 39.8. The van der Waals surface area contributed by atoms with E-state index in [9.17, 15) is 0 Å². The fraction of sp³-hybridized carbons (Fsp3) is 0.550. The van der Waals surface area contributed by atoms with Crippen molar-refractivity contribution in [2.24, 2.45) is 0 Å². The van der Waals surface area contributed by atoms with E-state index in [2.05, 4.69) is 226 Å². The summed E-state index contributed by atoms with van der Waals surface area (Å²) in [6.07, 6.45) is 65.9. The summed E-state index contributed by atoms with van der Waals surface area (Å²) in [4.78, 5) is 2.84. The molecule has 15 rings (SSSR count). The van der Waals surface area contributed by atoms with Crippen LogP contribution in [0.15, 0.2) is 160 Å². The molecule has 3 nitrogen and oxygen atoms in total. The minimum atomic E-state index is -0.268. The molecule has 656 valence electrons. The van der Waals surface area contributed by atoms with Crippen molar-refractivity contribution in [2.45, 2.75) is 425 Å². The van der Waals surface area contributed by atoms with E-state index in [1.165, 1.54) is 402 Å². The highest BCUT2D eigenvalue weighted by Gasteiger charge is 2.55. The van der Waals surface area contributed by atoms with Gasteiger partial charge in [-0.25, -0.2) is 0 Å². The Hall–Kier alpha value is -7.62. The van der Waals surface area contributed by atoms with Gasteiger partial charge in [0.25, 0.3) is 0 Å². The van der Waals surface area contributed by atoms with E-state index in [1.54, 1.807) is 44.5 Å². The van der Waals surface area contributed by atoms with Crippen molar-refractivity contribution in [1.82, 2.24) is 0 Å². The van der Waals surface area contributed by atoms with Crippen LogP contribution in [0.5, 0.6) is 0 Å². The Morgan fingerprint density at radius 1 is 0.236 bits per heavy atom. The number of furan rings is 2. The summed E-state index contributed by atoms with van der Waals surface area (Å²) in [5.41, 5.74) is 34.9. The smallest absolute Gasteiger partial charge is 0.144 e. The monoisotopic (exact) mass is 1650 g/mol. The minimum absolute atomic E-state index is 0.109. The first-order chi connectivity index (χ1) is 60.6. The van der Waals surface area contributed by atoms with Gasteiger partial charge in [-0.2, -0.15) is 0 Å². The first-order valence-electron chi connectivity index (χ1n) is 52.0. The van der Waals surface area contributed by atoms with Gasteiger partial charge in [0.15, 0.2) is 0 Å². The molecular weight excluding hydrogens is 1490 g/mol. The second kappa shape index (κ2) is 42.8.